The van der Waals surface area contributed by atoms with E-state index in [1.165, 1.54) is 4.90 Å². The van der Waals surface area contributed by atoms with Crippen LogP contribution in [0, 0.1) is 13.8 Å². The zero-order chi connectivity index (χ0) is 28.7. The Hall–Kier alpha value is -3.17. The lowest BCUT2D eigenvalue weighted by atomic mass is 10.0. The molecule has 0 heterocycles. The van der Waals surface area contributed by atoms with Gasteiger partial charge in [-0.05, 0) is 68.1 Å². The topological polar surface area (TPSA) is 86.8 Å². The van der Waals surface area contributed by atoms with Gasteiger partial charge in [0, 0.05) is 23.5 Å². The monoisotopic (exact) mass is 613 g/mol. The standard InChI is InChI=1S/C30H36BrN3O4S/c1-21(2)32-30(36)28(18-24-12-7-6-8-13-24)33(19-25-14-10-15-26(31)17-25)29(35)20-34(39(5,37)38)27-16-9-11-22(3)23(27)4/h6-17,21,28H,18-20H2,1-5H3,(H,32,36)/t28-/m0/s1. The van der Waals surface area contributed by atoms with Gasteiger partial charge in [0.25, 0.3) is 0 Å². The Morgan fingerprint density at radius 1 is 0.923 bits per heavy atom. The van der Waals surface area contributed by atoms with Gasteiger partial charge in [-0.25, -0.2) is 8.42 Å². The number of carbonyl (C=O) groups excluding carboxylic acids is 2. The van der Waals surface area contributed by atoms with Gasteiger partial charge in [-0.3, -0.25) is 13.9 Å². The number of amides is 2. The van der Waals surface area contributed by atoms with E-state index in [9.17, 15) is 18.0 Å². The second kappa shape index (κ2) is 13.3. The van der Waals surface area contributed by atoms with Crippen molar-refractivity contribution in [2.75, 3.05) is 17.1 Å². The molecule has 1 atom stereocenters. The van der Waals surface area contributed by atoms with Gasteiger partial charge in [0.2, 0.25) is 21.8 Å². The van der Waals surface area contributed by atoms with E-state index in [0.717, 1.165) is 37.3 Å². The number of sulfonamides is 1. The first kappa shape index (κ1) is 30.4. The number of hydrogen-bond acceptors (Lipinski definition) is 4. The maximum atomic E-state index is 14.1. The molecule has 0 aromatic heterocycles. The van der Waals surface area contributed by atoms with Gasteiger partial charge in [-0.2, -0.15) is 0 Å². The molecule has 0 aliphatic carbocycles. The molecule has 0 aliphatic rings. The van der Waals surface area contributed by atoms with Crippen LogP contribution in [-0.4, -0.2) is 50.0 Å². The van der Waals surface area contributed by atoms with Crippen molar-refractivity contribution in [1.82, 2.24) is 10.2 Å². The van der Waals surface area contributed by atoms with Crippen LogP contribution < -0.4 is 9.62 Å². The zero-order valence-electron chi connectivity index (χ0n) is 23.0. The lowest BCUT2D eigenvalue weighted by molar-refractivity contribution is -0.140. The molecule has 1 N–H and O–H groups in total. The number of hydrogen-bond donors (Lipinski definition) is 1. The molecule has 39 heavy (non-hydrogen) atoms. The number of aryl methyl sites for hydroxylation is 1. The van der Waals surface area contributed by atoms with Gasteiger partial charge in [0.05, 0.1) is 11.9 Å². The average Bonchev–Trinajstić information content (AvgIpc) is 2.86. The molecule has 9 heteroatoms. The van der Waals surface area contributed by atoms with Crippen molar-refractivity contribution < 1.29 is 18.0 Å². The quantitative estimate of drug-likeness (QED) is 0.330. The Morgan fingerprint density at radius 3 is 2.18 bits per heavy atom. The van der Waals surface area contributed by atoms with Crippen molar-refractivity contribution in [3.05, 3.63) is 99.5 Å². The molecule has 0 saturated carbocycles. The summed E-state index contributed by atoms with van der Waals surface area (Å²) in [5, 5.41) is 2.95. The van der Waals surface area contributed by atoms with Gasteiger partial charge in [-0.15, -0.1) is 0 Å². The van der Waals surface area contributed by atoms with Crippen LogP contribution in [0.3, 0.4) is 0 Å². The number of benzene rings is 3. The average molecular weight is 615 g/mol. The highest BCUT2D eigenvalue weighted by atomic mass is 79.9. The lowest BCUT2D eigenvalue weighted by Crippen LogP contribution is -2.54. The first-order valence-corrected chi connectivity index (χ1v) is 15.4. The summed E-state index contributed by atoms with van der Waals surface area (Å²) in [5.41, 5.74) is 3.83. The summed E-state index contributed by atoms with van der Waals surface area (Å²) in [6.07, 6.45) is 1.37. The van der Waals surface area contributed by atoms with Crippen molar-refractivity contribution in [3.8, 4) is 0 Å². The number of anilines is 1. The van der Waals surface area contributed by atoms with Crippen molar-refractivity contribution in [3.63, 3.8) is 0 Å². The van der Waals surface area contributed by atoms with Crippen molar-refractivity contribution in [2.45, 2.75) is 52.7 Å². The molecule has 0 unspecified atom stereocenters. The molecule has 0 fully saturated rings. The molecule has 3 rings (SSSR count). The SMILES string of the molecule is Cc1cccc(N(CC(=O)N(Cc2cccc(Br)c2)[C@@H](Cc2ccccc2)C(=O)NC(C)C)S(C)(=O)=O)c1C. The maximum absolute atomic E-state index is 14.1. The Kier molecular flexibility index (Phi) is 10.3. The van der Waals surface area contributed by atoms with E-state index in [0.29, 0.717) is 5.69 Å². The number of nitrogens with one attached hydrogen (secondary N) is 1. The van der Waals surface area contributed by atoms with Crippen LogP contribution in [0.5, 0.6) is 0 Å². The van der Waals surface area contributed by atoms with Gasteiger partial charge < -0.3 is 10.2 Å². The lowest BCUT2D eigenvalue weighted by Gasteiger charge is -2.34. The van der Waals surface area contributed by atoms with E-state index in [-0.39, 0.29) is 24.9 Å². The fraction of sp³-hybridized carbons (Fsp3) is 0.333. The molecule has 3 aromatic rings. The van der Waals surface area contributed by atoms with Crippen LogP contribution >= 0.6 is 15.9 Å². The molecule has 0 radical (unpaired) electrons. The largest absolute Gasteiger partial charge is 0.352 e. The third kappa shape index (κ3) is 8.41. The molecule has 0 bridgehead atoms. The van der Waals surface area contributed by atoms with E-state index in [4.69, 9.17) is 0 Å². The van der Waals surface area contributed by atoms with Crippen LogP contribution in [0.25, 0.3) is 0 Å². The summed E-state index contributed by atoms with van der Waals surface area (Å²) in [5.74, 6) is -0.768. The molecular formula is C30H36BrN3O4S. The number of carbonyl (C=O) groups is 2. The van der Waals surface area contributed by atoms with E-state index >= 15 is 0 Å². The fourth-order valence-electron chi connectivity index (χ4n) is 4.37. The van der Waals surface area contributed by atoms with Crippen LogP contribution in [0.1, 0.15) is 36.1 Å². The van der Waals surface area contributed by atoms with E-state index in [2.05, 4.69) is 21.2 Å². The number of nitrogens with zero attached hydrogens (tertiary/aromatic N) is 2. The first-order chi connectivity index (χ1) is 18.4. The van der Waals surface area contributed by atoms with Crippen molar-refractivity contribution in [1.29, 1.82) is 0 Å². The number of halogens is 1. The smallest absolute Gasteiger partial charge is 0.244 e. The molecule has 208 valence electrons. The molecule has 0 saturated heterocycles. The fourth-order valence-corrected chi connectivity index (χ4v) is 5.71. The first-order valence-electron chi connectivity index (χ1n) is 12.8. The van der Waals surface area contributed by atoms with Crippen LogP contribution in [0.15, 0.2) is 77.3 Å². The molecule has 3 aromatic carbocycles. The normalized spacial score (nSPS) is 12.2. The predicted molar refractivity (Wildman–Crippen MR) is 160 cm³/mol. The summed E-state index contributed by atoms with van der Waals surface area (Å²) >= 11 is 3.48. The highest BCUT2D eigenvalue weighted by molar-refractivity contribution is 9.10. The van der Waals surface area contributed by atoms with Gasteiger partial charge >= 0.3 is 0 Å². The summed E-state index contributed by atoms with van der Waals surface area (Å²) in [6, 6.07) is 21.4. The van der Waals surface area contributed by atoms with E-state index in [1.54, 1.807) is 12.1 Å². The third-order valence-corrected chi connectivity index (χ3v) is 8.09. The minimum absolute atomic E-state index is 0.131. The van der Waals surface area contributed by atoms with Gasteiger partial charge in [0.1, 0.15) is 12.6 Å². The van der Waals surface area contributed by atoms with Crippen molar-refractivity contribution >= 4 is 43.5 Å². The van der Waals surface area contributed by atoms with E-state index < -0.39 is 28.5 Å². The second-order valence-electron chi connectivity index (χ2n) is 10.0. The highest BCUT2D eigenvalue weighted by Gasteiger charge is 2.33. The van der Waals surface area contributed by atoms with Gasteiger partial charge in [-0.1, -0.05) is 70.5 Å². The van der Waals surface area contributed by atoms with Crippen LogP contribution in [-0.2, 0) is 32.6 Å². The van der Waals surface area contributed by atoms with Gasteiger partial charge in [0.15, 0.2) is 0 Å². The summed E-state index contributed by atoms with van der Waals surface area (Å²) in [6.45, 7) is 7.16. The minimum Gasteiger partial charge on any atom is -0.352 e. The minimum atomic E-state index is -3.81. The molecule has 2 amide bonds. The molecule has 7 nitrogen and oxygen atoms in total. The summed E-state index contributed by atoms with van der Waals surface area (Å²) in [4.78, 5) is 29.2. The predicted octanol–water partition coefficient (Wildman–Crippen LogP) is 5.00. The highest BCUT2D eigenvalue weighted by Crippen LogP contribution is 2.26. The maximum Gasteiger partial charge on any atom is 0.244 e. The molecular weight excluding hydrogens is 578 g/mol. The van der Waals surface area contributed by atoms with Crippen LogP contribution in [0.2, 0.25) is 0 Å². The Bertz CT molecular complexity index is 1410. The van der Waals surface area contributed by atoms with E-state index in [1.807, 2.05) is 88.4 Å². The second-order valence-corrected chi connectivity index (χ2v) is 12.8. The third-order valence-electron chi connectivity index (χ3n) is 6.47. The Balaban J connectivity index is 2.08. The Morgan fingerprint density at radius 2 is 1.56 bits per heavy atom. The number of rotatable bonds is 11. The molecule has 0 aliphatic heterocycles. The van der Waals surface area contributed by atoms with Crippen molar-refractivity contribution in [2.24, 2.45) is 0 Å². The summed E-state index contributed by atoms with van der Waals surface area (Å²) < 4.78 is 27.9. The summed E-state index contributed by atoms with van der Waals surface area (Å²) in [7, 11) is -3.81. The van der Waals surface area contributed by atoms with Crippen LogP contribution in [0.4, 0.5) is 5.69 Å². The Labute approximate surface area is 240 Å². The zero-order valence-corrected chi connectivity index (χ0v) is 25.4. The molecule has 0 spiro atoms.